The second-order valence-electron chi connectivity index (χ2n) is 5.87. The third-order valence-corrected chi connectivity index (χ3v) is 4.46. The molecule has 4 nitrogen and oxygen atoms in total. The third-order valence-electron chi connectivity index (χ3n) is 4.46. The molecule has 0 spiro atoms. The number of piperazine rings is 1. The van der Waals surface area contributed by atoms with Gasteiger partial charge in [-0.15, -0.1) is 0 Å². The van der Waals surface area contributed by atoms with Gasteiger partial charge in [-0.1, -0.05) is 12.5 Å². The first kappa shape index (κ1) is 12.9. The SMILES string of the molecule is CC(N)c1ccc(N2CCN3CCCCC3C2)nc1. The van der Waals surface area contributed by atoms with Gasteiger partial charge < -0.3 is 10.6 Å². The van der Waals surface area contributed by atoms with E-state index in [-0.39, 0.29) is 6.04 Å². The zero-order chi connectivity index (χ0) is 13.2. The molecule has 2 fully saturated rings. The largest absolute Gasteiger partial charge is 0.354 e. The van der Waals surface area contributed by atoms with Crippen molar-refractivity contribution in [1.29, 1.82) is 0 Å². The summed E-state index contributed by atoms with van der Waals surface area (Å²) in [7, 11) is 0. The molecular weight excluding hydrogens is 236 g/mol. The molecule has 2 N–H and O–H groups in total. The number of hydrogen-bond acceptors (Lipinski definition) is 4. The average molecular weight is 260 g/mol. The Morgan fingerprint density at radius 2 is 2.16 bits per heavy atom. The fourth-order valence-corrected chi connectivity index (χ4v) is 3.22. The Labute approximate surface area is 115 Å². The minimum Gasteiger partial charge on any atom is -0.354 e. The van der Waals surface area contributed by atoms with Gasteiger partial charge in [0.2, 0.25) is 0 Å². The van der Waals surface area contributed by atoms with Crippen molar-refractivity contribution in [2.24, 2.45) is 5.73 Å². The van der Waals surface area contributed by atoms with E-state index < -0.39 is 0 Å². The standard InChI is InChI=1S/C15H24N4/c1-12(16)13-5-6-15(17-10-13)19-9-8-18-7-3-2-4-14(18)11-19/h5-6,10,12,14H,2-4,7-9,11,16H2,1H3. The van der Waals surface area contributed by atoms with Gasteiger partial charge in [0.05, 0.1) is 0 Å². The second-order valence-corrected chi connectivity index (χ2v) is 5.87. The number of hydrogen-bond donors (Lipinski definition) is 1. The molecule has 4 heteroatoms. The smallest absolute Gasteiger partial charge is 0.128 e. The van der Waals surface area contributed by atoms with E-state index in [9.17, 15) is 0 Å². The van der Waals surface area contributed by atoms with Gasteiger partial charge in [-0.2, -0.15) is 0 Å². The number of rotatable bonds is 2. The van der Waals surface area contributed by atoms with Crippen molar-refractivity contribution in [3.63, 3.8) is 0 Å². The summed E-state index contributed by atoms with van der Waals surface area (Å²) in [5, 5.41) is 0. The molecule has 2 saturated heterocycles. The van der Waals surface area contributed by atoms with Gasteiger partial charge in [-0.3, -0.25) is 4.90 Å². The van der Waals surface area contributed by atoms with Crippen molar-refractivity contribution in [2.45, 2.75) is 38.3 Å². The quantitative estimate of drug-likeness (QED) is 0.880. The molecule has 0 bridgehead atoms. The number of fused-ring (bicyclic) bond motifs is 1. The van der Waals surface area contributed by atoms with Crippen LogP contribution in [0.15, 0.2) is 18.3 Å². The fourth-order valence-electron chi connectivity index (χ4n) is 3.22. The molecule has 3 rings (SSSR count). The Bertz CT molecular complexity index is 415. The summed E-state index contributed by atoms with van der Waals surface area (Å²) in [6.45, 7) is 6.69. The molecule has 0 radical (unpaired) electrons. The van der Waals surface area contributed by atoms with E-state index in [2.05, 4.69) is 26.9 Å². The van der Waals surface area contributed by atoms with Crippen LogP contribution in [0.3, 0.4) is 0 Å². The van der Waals surface area contributed by atoms with E-state index in [1.807, 2.05) is 13.1 Å². The van der Waals surface area contributed by atoms with Gasteiger partial charge >= 0.3 is 0 Å². The van der Waals surface area contributed by atoms with Crippen molar-refractivity contribution >= 4 is 5.82 Å². The second kappa shape index (κ2) is 5.47. The molecule has 2 atom stereocenters. The maximum atomic E-state index is 5.87. The lowest BCUT2D eigenvalue weighted by atomic mass is 9.99. The van der Waals surface area contributed by atoms with E-state index in [1.54, 1.807) is 0 Å². The summed E-state index contributed by atoms with van der Waals surface area (Å²) in [6, 6.07) is 5.03. The van der Waals surface area contributed by atoms with E-state index >= 15 is 0 Å². The first-order valence-corrected chi connectivity index (χ1v) is 7.44. The Balaban J connectivity index is 1.69. The minimum absolute atomic E-state index is 0.0664. The molecule has 104 valence electrons. The maximum Gasteiger partial charge on any atom is 0.128 e. The highest BCUT2D eigenvalue weighted by Crippen LogP contribution is 2.24. The first-order valence-electron chi connectivity index (χ1n) is 7.44. The molecule has 3 heterocycles. The molecule has 2 aliphatic rings. The molecule has 0 aromatic carbocycles. The number of piperidine rings is 1. The highest BCUT2D eigenvalue weighted by atomic mass is 15.3. The van der Waals surface area contributed by atoms with Crippen molar-refractivity contribution in [3.8, 4) is 0 Å². The predicted molar refractivity (Wildman–Crippen MR) is 78.3 cm³/mol. The van der Waals surface area contributed by atoms with Crippen LogP contribution in [0.5, 0.6) is 0 Å². The van der Waals surface area contributed by atoms with Crippen LogP contribution in [0.25, 0.3) is 0 Å². The Morgan fingerprint density at radius 1 is 1.26 bits per heavy atom. The molecule has 0 amide bonds. The van der Waals surface area contributed by atoms with E-state index in [0.29, 0.717) is 0 Å². The average Bonchev–Trinajstić information content (AvgIpc) is 2.47. The van der Waals surface area contributed by atoms with Crippen LogP contribution in [0, 0.1) is 0 Å². The third kappa shape index (κ3) is 2.74. The maximum absolute atomic E-state index is 5.87. The molecule has 0 aliphatic carbocycles. The highest BCUT2D eigenvalue weighted by molar-refractivity contribution is 5.40. The fraction of sp³-hybridized carbons (Fsp3) is 0.667. The Morgan fingerprint density at radius 3 is 2.89 bits per heavy atom. The van der Waals surface area contributed by atoms with Crippen molar-refractivity contribution in [1.82, 2.24) is 9.88 Å². The summed E-state index contributed by atoms with van der Waals surface area (Å²) in [5.41, 5.74) is 6.98. The molecule has 19 heavy (non-hydrogen) atoms. The lowest BCUT2D eigenvalue weighted by molar-refractivity contribution is 0.133. The minimum atomic E-state index is 0.0664. The van der Waals surface area contributed by atoms with Crippen LogP contribution in [-0.4, -0.2) is 42.1 Å². The molecular formula is C15H24N4. The molecule has 1 aromatic rings. The number of anilines is 1. The van der Waals surface area contributed by atoms with Gasteiger partial charge in [0.15, 0.2) is 0 Å². The lowest BCUT2D eigenvalue weighted by Crippen LogP contribution is -2.55. The molecule has 2 aliphatic heterocycles. The number of nitrogens with zero attached hydrogens (tertiary/aromatic N) is 3. The monoisotopic (exact) mass is 260 g/mol. The van der Waals surface area contributed by atoms with Gasteiger partial charge in [0.25, 0.3) is 0 Å². The number of nitrogens with two attached hydrogens (primary N) is 1. The molecule has 0 saturated carbocycles. The number of aromatic nitrogens is 1. The zero-order valence-corrected chi connectivity index (χ0v) is 11.8. The molecule has 2 unspecified atom stereocenters. The highest BCUT2D eigenvalue weighted by Gasteiger charge is 2.29. The van der Waals surface area contributed by atoms with Gasteiger partial charge in [-0.05, 0) is 37.9 Å². The zero-order valence-electron chi connectivity index (χ0n) is 11.8. The van der Waals surface area contributed by atoms with Gasteiger partial charge in [-0.25, -0.2) is 4.98 Å². The Hall–Kier alpha value is -1.13. The summed E-state index contributed by atoms with van der Waals surface area (Å²) in [4.78, 5) is 9.67. The lowest BCUT2D eigenvalue weighted by Gasteiger charge is -2.44. The topological polar surface area (TPSA) is 45.4 Å². The van der Waals surface area contributed by atoms with Crippen molar-refractivity contribution < 1.29 is 0 Å². The van der Waals surface area contributed by atoms with Crippen LogP contribution in [-0.2, 0) is 0 Å². The van der Waals surface area contributed by atoms with Gasteiger partial charge in [0.1, 0.15) is 5.82 Å². The Kier molecular flexibility index (Phi) is 3.71. The summed E-state index contributed by atoms with van der Waals surface area (Å²) >= 11 is 0. The van der Waals surface area contributed by atoms with E-state index in [4.69, 9.17) is 5.73 Å². The normalized spacial score (nSPS) is 26.0. The van der Waals surface area contributed by atoms with Crippen LogP contribution >= 0.6 is 0 Å². The van der Waals surface area contributed by atoms with Gasteiger partial charge in [0, 0.05) is 37.9 Å². The van der Waals surface area contributed by atoms with Crippen molar-refractivity contribution in [3.05, 3.63) is 23.9 Å². The van der Waals surface area contributed by atoms with Crippen LogP contribution in [0.4, 0.5) is 5.82 Å². The van der Waals surface area contributed by atoms with Crippen LogP contribution in [0.2, 0.25) is 0 Å². The molecule has 1 aromatic heterocycles. The summed E-state index contributed by atoms with van der Waals surface area (Å²) < 4.78 is 0. The summed E-state index contributed by atoms with van der Waals surface area (Å²) in [5.74, 6) is 1.11. The number of pyridine rings is 1. The van der Waals surface area contributed by atoms with Crippen LogP contribution in [0.1, 0.15) is 37.8 Å². The predicted octanol–water partition coefficient (Wildman–Crippen LogP) is 1.78. The van der Waals surface area contributed by atoms with E-state index in [0.717, 1.165) is 30.5 Å². The van der Waals surface area contributed by atoms with Crippen LogP contribution < -0.4 is 10.6 Å². The van der Waals surface area contributed by atoms with Crippen molar-refractivity contribution in [2.75, 3.05) is 31.1 Å². The summed E-state index contributed by atoms with van der Waals surface area (Å²) in [6.07, 6.45) is 6.02. The first-order chi connectivity index (χ1) is 9.24. The van der Waals surface area contributed by atoms with E-state index in [1.165, 1.54) is 32.4 Å².